The lowest BCUT2D eigenvalue weighted by molar-refractivity contribution is -0.139. The van der Waals surface area contributed by atoms with Crippen molar-refractivity contribution in [1.82, 2.24) is 15.3 Å². The zero-order chi connectivity index (χ0) is 20.9. The lowest BCUT2D eigenvalue weighted by Crippen LogP contribution is -2.38. The number of imidazole rings is 1. The molecule has 0 amide bonds. The Morgan fingerprint density at radius 2 is 1.83 bits per heavy atom. The summed E-state index contributed by atoms with van der Waals surface area (Å²) in [5.41, 5.74) is -1.27. The number of aromatic amines is 1. The Morgan fingerprint density at radius 1 is 1.14 bits per heavy atom. The molecule has 0 spiro atoms. The normalized spacial score (nSPS) is 19.4. The number of cyclic esters (lactones) is 1. The summed E-state index contributed by atoms with van der Waals surface area (Å²) < 4.78 is 43.0. The number of ketones is 2. The molecular weight excluding hydrogens is 415 g/mol. The summed E-state index contributed by atoms with van der Waals surface area (Å²) in [6.45, 7) is 0.176. The molecule has 11 heteroatoms. The van der Waals surface area contributed by atoms with Gasteiger partial charge < -0.3 is 15.0 Å². The Kier molecular flexibility index (Phi) is 4.45. The number of H-pyrrole nitrogens is 1. The molecule has 4 rings (SSSR count). The van der Waals surface area contributed by atoms with Gasteiger partial charge in [-0.3, -0.25) is 9.59 Å². The number of rotatable bonds is 3. The van der Waals surface area contributed by atoms with Crippen LogP contribution in [0.2, 0.25) is 0 Å². The summed E-state index contributed by atoms with van der Waals surface area (Å²) in [6, 6.07) is 3.26. The number of alkyl halides is 3. The van der Waals surface area contributed by atoms with Gasteiger partial charge in [-0.1, -0.05) is 23.7 Å². The largest absolute Gasteiger partial charge is 0.464 e. The van der Waals surface area contributed by atoms with Crippen LogP contribution < -0.4 is 5.32 Å². The molecule has 2 N–H and O–H groups in total. The van der Waals surface area contributed by atoms with Gasteiger partial charge in [-0.25, -0.2) is 9.78 Å². The molecule has 0 radical (unpaired) electrons. The van der Waals surface area contributed by atoms with Gasteiger partial charge >= 0.3 is 12.1 Å². The highest BCUT2D eigenvalue weighted by atomic mass is 35.5. The monoisotopic (exact) mass is 425 g/mol. The van der Waals surface area contributed by atoms with E-state index in [1.807, 2.05) is 0 Å². The zero-order valence-corrected chi connectivity index (χ0v) is 15.1. The summed E-state index contributed by atoms with van der Waals surface area (Å²) in [4.78, 5) is 43.6. The van der Waals surface area contributed by atoms with Gasteiger partial charge in [0, 0.05) is 12.0 Å². The van der Waals surface area contributed by atoms with Gasteiger partial charge in [-0.05, 0) is 12.1 Å². The Balaban J connectivity index is 1.66. The first kappa shape index (κ1) is 19.2. The number of hydrogen-bond acceptors (Lipinski definition) is 6. The number of esters is 1. The van der Waals surface area contributed by atoms with Crippen molar-refractivity contribution in [3.63, 3.8) is 0 Å². The molecule has 1 aromatic carbocycles. The average Bonchev–Trinajstić information content (AvgIpc) is 3.30. The Bertz CT molecular complexity index is 1070. The number of nitrogens with zero attached hydrogens (tertiary/aromatic N) is 1. The van der Waals surface area contributed by atoms with E-state index in [2.05, 4.69) is 15.3 Å². The summed E-state index contributed by atoms with van der Waals surface area (Å²) in [5.74, 6) is -1.96. The standard InChI is InChI=1S/C18H11ClF3N3O4/c19-10-11(23-9-5-6-29-17(9)28)15(27)13-12(14(10)26)24-16(25-13)7-1-3-8(4-2-7)18(20,21)22/h1-4,9,23H,5-6H2,(H,24,25)/t9-/m0/s1. The number of ether oxygens (including phenoxy) is 1. The van der Waals surface area contributed by atoms with Gasteiger partial charge in [0.05, 0.1) is 12.2 Å². The lowest BCUT2D eigenvalue weighted by atomic mass is 10.0. The van der Waals surface area contributed by atoms with Crippen LogP contribution in [-0.2, 0) is 15.7 Å². The predicted molar refractivity (Wildman–Crippen MR) is 93.1 cm³/mol. The van der Waals surface area contributed by atoms with E-state index < -0.39 is 40.3 Å². The molecule has 1 fully saturated rings. The van der Waals surface area contributed by atoms with E-state index in [0.717, 1.165) is 12.1 Å². The molecule has 1 saturated heterocycles. The number of Topliss-reactive ketones (excluding diaryl/α,β-unsaturated/α-hetero) is 2. The molecule has 2 aromatic rings. The number of benzene rings is 1. The van der Waals surface area contributed by atoms with E-state index in [0.29, 0.717) is 6.42 Å². The van der Waals surface area contributed by atoms with Gasteiger partial charge in [0.2, 0.25) is 11.6 Å². The molecule has 7 nitrogen and oxygen atoms in total. The molecule has 150 valence electrons. The number of halogens is 4. The van der Waals surface area contributed by atoms with Gasteiger partial charge in [-0.15, -0.1) is 0 Å². The predicted octanol–water partition coefficient (Wildman–Crippen LogP) is 2.83. The van der Waals surface area contributed by atoms with E-state index in [1.165, 1.54) is 12.1 Å². The minimum absolute atomic E-state index is 0.0383. The van der Waals surface area contributed by atoms with Crippen LogP contribution in [0.15, 0.2) is 35.0 Å². The number of carbonyl (C=O) groups excluding carboxylic acids is 3. The van der Waals surface area contributed by atoms with Crippen LogP contribution >= 0.6 is 11.6 Å². The minimum atomic E-state index is -4.49. The molecule has 2 aliphatic rings. The van der Waals surface area contributed by atoms with Crippen molar-refractivity contribution in [3.8, 4) is 11.4 Å². The fourth-order valence-electron chi connectivity index (χ4n) is 3.03. The zero-order valence-electron chi connectivity index (χ0n) is 14.4. The number of allylic oxidation sites excluding steroid dienone is 2. The molecule has 2 heterocycles. The number of nitrogens with one attached hydrogen (secondary N) is 2. The van der Waals surface area contributed by atoms with Gasteiger partial charge in [0.1, 0.15) is 34.0 Å². The molecule has 1 atom stereocenters. The van der Waals surface area contributed by atoms with Crippen molar-refractivity contribution in [3.05, 3.63) is 51.9 Å². The molecule has 0 saturated carbocycles. The van der Waals surface area contributed by atoms with Crippen LogP contribution in [0.1, 0.15) is 33.0 Å². The molecule has 1 aliphatic heterocycles. The summed E-state index contributed by atoms with van der Waals surface area (Å²) in [5, 5.41) is 2.22. The summed E-state index contributed by atoms with van der Waals surface area (Å²) in [6.07, 6.45) is -4.19. The fourth-order valence-corrected chi connectivity index (χ4v) is 3.26. The van der Waals surface area contributed by atoms with Gasteiger partial charge in [0.25, 0.3) is 0 Å². The van der Waals surface area contributed by atoms with E-state index in [1.54, 1.807) is 0 Å². The van der Waals surface area contributed by atoms with Crippen molar-refractivity contribution < 1.29 is 32.3 Å². The number of fused-ring (bicyclic) bond motifs is 1. The van der Waals surface area contributed by atoms with E-state index >= 15 is 0 Å². The van der Waals surface area contributed by atoms with Crippen molar-refractivity contribution in [2.24, 2.45) is 0 Å². The first-order valence-corrected chi connectivity index (χ1v) is 8.74. The molecule has 0 unspecified atom stereocenters. The Labute approximate surface area is 165 Å². The molecule has 1 aromatic heterocycles. The highest BCUT2D eigenvalue weighted by Gasteiger charge is 2.38. The molecule has 1 aliphatic carbocycles. The number of carbonyl (C=O) groups is 3. The smallest absolute Gasteiger partial charge is 0.416 e. The van der Waals surface area contributed by atoms with Crippen LogP contribution in [0.25, 0.3) is 11.4 Å². The second kappa shape index (κ2) is 6.73. The topological polar surface area (TPSA) is 101 Å². The SMILES string of the molecule is O=C1C(N[C@H]2CCOC2=O)=C(Cl)C(=O)c2[nH]c(-c3ccc(C(F)(F)F)cc3)nc21. The van der Waals surface area contributed by atoms with Crippen LogP contribution in [0, 0.1) is 0 Å². The van der Waals surface area contributed by atoms with E-state index in [4.69, 9.17) is 16.3 Å². The van der Waals surface area contributed by atoms with Crippen LogP contribution in [-0.4, -0.2) is 40.2 Å². The Hall–Kier alpha value is -3.14. The van der Waals surface area contributed by atoms with Crippen molar-refractivity contribution in [1.29, 1.82) is 0 Å². The third-order valence-electron chi connectivity index (χ3n) is 4.53. The summed E-state index contributed by atoms with van der Waals surface area (Å²) in [7, 11) is 0. The van der Waals surface area contributed by atoms with E-state index in [9.17, 15) is 27.6 Å². The first-order valence-electron chi connectivity index (χ1n) is 8.37. The fraction of sp³-hybridized carbons (Fsp3) is 0.222. The maximum Gasteiger partial charge on any atom is 0.416 e. The average molecular weight is 426 g/mol. The third-order valence-corrected chi connectivity index (χ3v) is 4.89. The second-order valence-electron chi connectivity index (χ2n) is 6.38. The van der Waals surface area contributed by atoms with Gasteiger partial charge in [-0.2, -0.15) is 13.2 Å². The molecule has 29 heavy (non-hydrogen) atoms. The van der Waals surface area contributed by atoms with E-state index in [-0.39, 0.29) is 35.1 Å². The number of hydrogen-bond donors (Lipinski definition) is 2. The maximum atomic E-state index is 12.8. The summed E-state index contributed by atoms with van der Waals surface area (Å²) >= 11 is 6.03. The van der Waals surface area contributed by atoms with Crippen molar-refractivity contribution in [2.75, 3.05) is 6.61 Å². The lowest BCUT2D eigenvalue weighted by Gasteiger charge is -2.17. The minimum Gasteiger partial charge on any atom is -0.464 e. The highest BCUT2D eigenvalue weighted by Crippen LogP contribution is 2.32. The van der Waals surface area contributed by atoms with Crippen LogP contribution in [0.5, 0.6) is 0 Å². The number of aromatic nitrogens is 2. The van der Waals surface area contributed by atoms with Crippen LogP contribution in [0.4, 0.5) is 13.2 Å². The second-order valence-corrected chi connectivity index (χ2v) is 6.76. The maximum absolute atomic E-state index is 12.8. The quantitative estimate of drug-likeness (QED) is 0.733. The Morgan fingerprint density at radius 3 is 2.41 bits per heavy atom. The molecule has 0 bridgehead atoms. The van der Waals surface area contributed by atoms with Crippen LogP contribution in [0.3, 0.4) is 0 Å². The van der Waals surface area contributed by atoms with Crippen molar-refractivity contribution >= 4 is 29.1 Å². The molecular formula is C18H11ClF3N3O4. The first-order chi connectivity index (χ1) is 13.7. The van der Waals surface area contributed by atoms with Crippen molar-refractivity contribution in [2.45, 2.75) is 18.6 Å². The third kappa shape index (κ3) is 3.29. The highest BCUT2D eigenvalue weighted by molar-refractivity contribution is 6.49. The van der Waals surface area contributed by atoms with Gasteiger partial charge in [0.15, 0.2) is 0 Å².